The van der Waals surface area contributed by atoms with Crippen molar-refractivity contribution in [2.45, 2.75) is 18.9 Å². The maximum absolute atomic E-state index is 10.5. The van der Waals surface area contributed by atoms with Gasteiger partial charge in [-0.1, -0.05) is 18.2 Å². The SMILES string of the molecule is CCNC(=NCC1(O)CCSC1)N1CCN(c2ccccc2)CC1. The number of benzene rings is 1. The summed E-state index contributed by atoms with van der Waals surface area (Å²) in [6.45, 7) is 7.34. The van der Waals surface area contributed by atoms with Crippen molar-refractivity contribution in [1.29, 1.82) is 0 Å². The van der Waals surface area contributed by atoms with Crippen molar-refractivity contribution in [2.24, 2.45) is 4.99 Å². The van der Waals surface area contributed by atoms with Crippen molar-refractivity contribution in [3.63, 3.8) is 0 Å². The van der Waals surface area contributed by atoms with E-state index >= 15 is 0 Å². The fourth-order valence-corrected chi connectivity index (χ4v) is 4.47. The van der Waals surface area contributed by atoms with Crippen LogP contribution in [0.2, 0.25) is 0 Å². The van der Waals surface area contributed by atoms with Crippen LogP contribution in [-0.2, 0) is 0 Å². The van der Waals surface area contributed by atoms with Gasteiger partial charge in [-0.25, -0.2) is 0 Å². The third-order valence-corrected chi connectivity index (χ3v) is 5.88. The minimum Gasteiger partial charge on any atom is -0.387 e. The van der Waals surface area contributed by atoms with Gasteiger partial charge in [-0.05, 0) is 31.2 Å². The second kappa shape index (κ2) is 8.12. The van der Waals surface area contributed by atoms with E-state index in [4.69, 9.17) is 4.99 Å². The molecule has 1 aromatic rings. The topological polar surface area (TPSA) is 51.1 Å². The van der Waals surface area contributed by atoms with Gasteiger partial charge in [-0.3, -0.25) is 4.99 Å². The van der Waals surface area contributed by atoms with Crippen molar-refractivity contribution in [1.82, 2.24) is 10.2 Å². The quantitative estimate of drug-likeness (QED) is 0.640. The maximum atomic E-state index is 10.5. The van der Waals surface area contributed by atoms with Gasteiger partial charge in [-0.2, -0.15) is 11.8 Å². The van der Waals surface area contributed by atoms with Crippen LogP contribution in [0.1, 0.15) is 13.3 Å². The number of guanidine groups is 1. The Balaban J connectivity index is 1.59. The van der Waals surface area contributed by atoms with Gasteiger partial charge in [0.25, 0.3) is 0 Å². The van der Waals surface area contributed by atoms with E-state index in [1.807, 2.05) is 11.8 Å². The van der Waals surface area contributed by atoms with Crippen LogP contribution in [0.15, 0.2) is 35.3 Å². The molecule has 0 radical (unpaired) electrons. The summed E-state index contributed by atoms with van der Waals surface area (Å²) < 4.78 is 0. The Hall–Kier alpha value is -1.40. The molecule has 132 valence electrons. The lowest BCUT2D eigenvalue weighted by molar-refractivity contribution is 0.0775. The van der Waals surface area contributed by atoms with E-state index in [2.05, 4.69) is 52.4 Å². The Bertz CT molecular complexity index is 537. The molecule has 2 fully saturated rings. The average molecular weight is 349 g/mol. The van der Waals surface area contributed by atoms with E-state index in [-0.39, 0.29) is 0 Å². The maximum Gasteiger partial charge on any atom is 0.194 e. The van der Waals surface area contributed by atoms with Gasteiger partial charge >= 0.3 is 0 Å². The summed E-state index contributed by atoms with van der Waals surface area (Å²) in [5.41, 5.74) is 0.674. The minimum absolute atomic E-state index is 0.501. The van der Waals surface area contributed by atoms with Crippen LogP contribution >= 0.6 is 11.8 Å². The highest BCUT2D eigenvalue weighted by atomic mass is 32.2. The summed E-state index contributed by atoms with van der Waals surface area (Å²) in [6, 6.07) is 10.6. The summed E-state index contributed by atoms with van der Waals surface area (Å²) in [6.07, 6.45) is 0.850. The van der Waals surface area contributed by atoms with E-state index in [9.17, 15) is 5.11 Å². The Kier molecular flexibility index (Phi) is 5.89. The van der Waals surface area contributed by atoms with Crippen molar-refractivity contribution >= 4 is 23.4 Å². The van der Waals surface area contributed by atoms with E-state index in [0.29, 0.717) is 6.54 Å². The zero-order valence-electron chi connectivity index (χ0n) is 14.4. The molecule has 2 heterocycles. The van der Waals surface area contributed by atoms with Gasteiger partial charge < -0.3 is 20.2 Å². The van der Waals surface area contributed by atoms with Gasteiger partial charge in [0.05, 0.1) is 12.1 Å². The molecule has 0 saturated carbocycles. The van der Waals surface area contributed by atoms with Crippen LogP contribution in [0.4, 0.5) is 5.69 Å². The van der Waals surface area contributed by atoms with E-state index in [0.717, 1.165) is 56.6 Å². The molecule has 1 unspecified atom stereocenters. The minimum atomic E-state index is -0.614. The van der Waals surface area contributed by atoms with Gasteiger partial charge in [0.2, 0.25) is 0 Å². The number of aliphatic imine (C=N–C) groups is 1. The molecule has 0 spiro atoms. The molecule has 0 aromatic heterocycles. The van der Waals surface area contributed by atoms with Crippen LogP contribution in [0.25, 0.3) is 0 Å². The highest BCUT2D eigenvalue weighted by Gasteiger charge is 2.32. The Morgan fingerprint density at radius 2 is 2.00 bits per heavy atom. The first-order valence-corrected chi connectivity index (χ1v) is 9.99. The number of rotatable bonds is 4. The summed E-state index contributed by atoms with van der Waals surface area (Å²) in [5.74, 6) is 2.78. The normalized spacial score (nSPS) is 25.2. The van der Waals surface area contributed by atoms with Crippen molar-refractivity contribution < 1.29 is 5.11 Å². The van der Waals surface area contributed by atoms with E-state index in [1.165, 1.54) is 5.69 Å². The molecule has 2 aliphatic rings. The van der Waals surface area contributed by atoms with Crippen LogP contribution in [-0.4, -0.2) is 72.3 Å². The second-order valence-electron chi connectivity index (χ2n) is 6.51. The molecule has 0 amide bonds. The number of piperazine rings is 1. The second-order valence-corrected chi connectivity index (χ2v) is 7.61. The first kappa shape index (κ1) is 17.4. The first-order chi connectivity index (χ1) is 11.7. The molecular formula is C18H28N4OS. The predicted octanol–water partition coefficient (Wildman–Crippen LogP) is 1.64. The fourth-order valence-electron chi connectivity index (χ4n) is 3.18. The number of thioether (sulfide) groups is 1. The van der Waals surface area contributed by atoms with Crippen molar-refractivity contribution in [3.8, 4) is 0 Å². The summed E-state index contributed by atoms with van der Waals surface area (Å²) >= 11 is 1.82. The zero-order chi connectivity index (χ0) is 16.8. The monoisotopic (exact) mass is 348 g/mol. The molecule has 0 aliphatic carbocycles. The fraction of sp³-hybridized carbons (Fsp3) is 0.611. The number of nitrogens with zero attached hydrogens (tertiary/aromatic N) is 3. The summed E-state index contributed by atoms with van der Waals surface area (Å²) in [7, 11) is 0. The van der Waals surface area contributed by atoms with Crippen LogP contribution in [0.5, 0.6) is 0 Å². The largest absolute Gasteiger partial charge is 0.387 e. The lowest BCUT2D eigenvalue weighted by atomic mass is 10.0. The van der Waals surface area contributed by atoms with Gasteiger partial charge in [0, 0.05) is 44.2 Å². The Labute approximate surface area is 149 Å². The highest BCUT2D eigenvalue weighted by molar-refractivity contribution is 7.99. The number of hydrogen-bond acceptors (Lipinski definition) is 4. The lowest BCUT2D eigenvalue weighted by Crippen LogP contribution is -2.53. The molecule has 5 nitrogen and oxygen atoms in total. The standard InChI is InChI=1S/C18H28N4OS/c1-2-19-17(20-14-18(23)8-13-24-15-18)22-11-9-21(10-12-22)16-6-4-3-5-7-16/h3-7,23H,2,8-15H2,1H3,(H,19,20). The molecular weight excluding hydrogens is 320 g/mol. The number of para-hydroxylation sites is 1. The molecule has 0 bridgehead atoms. The molecule has 2 N–H and O–H groups in total. The molecule has 6 heteroatoms. The van der Waals surface area contributed by atoms with Crippen LogP contribution in [0, 0.1) is 0 Å². The van der Waals surface area contributed by atoms with E-state index < -0.39 is 5.60 Å². The Morgan fingerprint density at radius 1 is 1.25 bits per heavy atom. The smallest absolute Gasteiger partial charge is 0.194 e. The third-order valence-electron chi connectivity index (χ3n) is 4.64. The summed E-state index contributed by atoms with van der Waals surface area (Å²) in [5, 5.41) is 13.9. The van der Waals surface area contributed by atoms with Gasteiger partial charge in [-0.15, -0.1) is 0 Å². The van der Waals surface area contributed by atoms with Crippen LogP contribution in [0.3, 0.4) is 0 Å². The van der Waals surface area contributed by atoms with Crippen LogP contribution < -0.4 is 10.2 Å². The third kappa shape index (κ3) is 4.36. The molecule has 2 saturated heterocycles. The number of aliphatic hydroxyl groups is 1. The van der Waals surface area contributed by atoms with Gasteiger partial charge in [0.15, 0.2) is 5.96 Å². The number of nitrogens with one attached hydrogen (secondary N) is 1. The predicted molar refractivity (Wildman–Crippen MR) is 103 cm³/mol. The van der Waals surface area contributed by atoms with Crippen molar-refractivity contribution in [2.75, 3.05) is 55.7 Å². The lowest BCUT2D eigenvalue weighted by Gasteiger charge is -2.38. The van der Waals surface area contributed by atoms with Gasteiger partial charge in [0.1, 0.15) is 0 Å². The van der Waals surface area contributed by atoms with Crippen molar-refractivity contribution in [3.05, 3.63) is 30.3 Å². The number of anilines is 1. The molecule has 2 aliphatic heterocycles. The average Bonchev–Trinajstić information content (AvgIpc) is 3.06. The molecule has 1 aromatic carbocycles. The van der Waals surface area contributed by atoms with E-state index in [1.54, 1.807) is 0 Å². The molecule has 24 heavy (non-hydrogen) atoms. The highest BCUT2D eigenvalue weighted by Crippen LogP contribution is 2.28. The number of hydrogen-bond donors (Lipinski definition) is 2. The Morgan fingerprint density at radius 3 is 2.62 bits per heavy atom. The molecule has 3 rings (SSSR count). The summed E-state index contributed by atoms with van der Waals surface area (Å²) in [4.78, 5) is 9.47. The molecule has 1 atom stereocenters. The first-order valence-electron chi connectivity index (χ1n) is 8.83. The zero-order valence-corrected chi connectivity index (χ0v) is 15.3.